The Morgan fingerprint density at radius 2 is 2.27 bits per heavy atom. The Balaban J connectivity index is 2.64. The van der Waals surface area contributed by atoms with Crippen LogP contribution in [0.2, 0.25) is 0 Å². The van der Waals surface area contributed by atoms with Crippen LogP contribution in [-0.4, -0.2) is 6.04 Å². The predicted octanol–water partition coefficient (Wildman–Crippen LogP) is 3.11. The number of nitroso groups, excluding NO2 is 1. The summed E-state index contributed by atoms with van der Waals surface area (Å²) in [6.07, 6.45) is 5.74. The fourth-order valence-electron chi connectivity index (χ4n) is 1.97. The van der Waals surface area contributed by atoms with E-state index in [9.17, 15) is 4.91 Å². The lowest BCUT2D eigenvalue weighted by atomic mass is 9.70. The minimum atomic E-state index is 0.0845. The highest BCUT2D eigenvalue weighted by atomic mass is 16.3. The molecule has 2 nitrogen and oxygen atoms in total. The summed E-state index contributed by atoms with van der Waals surface area (Å²) in [6, 6.07) is 0.0845. The standard InChI is InChI=1S/C9H17NO/c1-3-9(2)7-5-4-6-8(9)10-11/h8H,3-7H2,1-2H3. The van der Waals surface area contributed by atoms with Gasteiger partial charge in [0.15, 0.2) is 0 Å². The van der Waals surface area contributed by atoms with Gasteiger partial charge in [-0.25, -0.2) is 0 Å². The third kappa shape index (κ3) is 1.60. The molecule has 0 aliphatic heterocycles. The maximum atomic E-state index is 10.5. The fraction of sp³-hybridized carbons (Fsp3) is 1.00. The average molecular weight is 155 g/mol. The molecular formula is C9H17NO. The minimum absolute atomic E-state index is 0.0845. The average Bonchev–Trinajstić information content (AvgIpc) is 2.05. The zero-order valence-corrected chi connectivity index (χ0v) is 7.47. The summed E-state index contributed by atoms with van der Waals surface area (Å²) in [5.74, 6) is 0. The maximum absolute atomic E-state index is 10.5. The first kappa shape index (κ1) is 8.69. The van der Waals surface area contributed by atoms with E-state index in [-0.39, 0.29) is 11.5 Å². The van der Waals surface area contributed by atoms with Crippen molar-refractivity contribution in [1.29, 1.82) is 0 Å². The highest BCUT2D eigenvalue weighted by Crippen LogP contribution is 2.40. The molecular weight excluding hydrogens is 138 g/mol. The van der Waals surface area contributed by atoms with E-state index in [2.05, 4.69) is 19.0 Å². The zero-order chi connectivity index (χ0) is 8.32. The van der Waals surface area contributed by atoms with Crippen molar-refractivity contribution in [1.82, 2.24) is 0 Å². The quantitative estimate of drug-likeness (QED) is 0.563. The van der Waals surface area contributed by atoms with E-state index in [4.69, 9.17) is 0 Å². The van der Waals surface area contributed by atoms with Crippen LogP contribution in [-0.2, 0) is 0 Å². The van der Waals surface area contributed by atoms with Crippen molar-refractivity contribution in [2.45, 2.75) is 52.0 Å². The number of rotatable bonds is 2. The topological polar surface area (TPSA) is 29.4 Å². The molecule has 2 unspecified atom stereocenters. The molecule has 0 aromatic rings. The fourth-order valence-corrected chi connectivity index (χ4v) is 1.97. The summed E-state index contributed by atoms with van der Waals surface area (Å²) in [7, 11) is 0. The van der Waals surface area contributed by atoms with E-state index in [1.807, 2.05) is 0 Å². The Morgan fingerprint density at radius 1 is 1.55 bits per heavy atom. The molecule has 1 fully saturated rings. The van der Waals surface area contributed by atoms with Gasteiger partial charge in [-0.15, -0.1) is 0 Å². The van der Waals surface area contributed by atoms with Gasteiger partial charge in [-0.1, -0.05) is 31.9 Å². The Labute approximate surface area is 68.3 Å². The molecule has 1 saturated carbocycles. The van der Waals surface area contributed by atoms with Gasteiger partial charge in [0.25, 0.3) is 0 Å². The molecule has 0 amide bonds. The van der Waals surface area contributed by atoms with Crippen molar-refractivity contribution in [2.75, 3.05) is 0 Å². The summed E-state index contributed by atoms with van der Waals surface area (Å²) in [5.41, 5.74) is 0.208. The van der Waals surface area contributed by atoms with Gasteiger partial charge in [-0.3, -0.25) is 0 Å². The second kappa shape index (κ2) is 3.33. The first-order valence-corrected chi connectivity index (χ1v) is 4.55. The third-order valence-corrected chi connectivity index (χ3v) is 3.21. The third-order valence-electron chi connectivity index (χ3n) is 3.21. The second-order valence-corrected chi connectivity index (χ2v) is 3.87. The lowest BCUT2D eigenvalue weighted by Gasteiger charge is -2.36. The van der Waals surface area contributed by atoms with Gasteiger partial charge in [0, 0.05) is 0 Å². The molecule has 1 aliphatic carbocycles. The first-order valence-electron chi connectivity index (χ1n) is 4.55. The molecule has 2 atom stereocenters. The number of hydrogen-bond acceptors (Lipinski definition) is 2. The minimum Gasteiger partial charge on any atom is -0.150 e. The molecule has 0 saturated heterocycles. The molecule has 64 valence electrons. The van der Waals surface area contributed by atoms with Crippen LogP contribution in [0.25, 0.3) is 0 Å². The van der Waals surface area contributed by atoms with Crippen molar-refractivity contribution < 1.29 is 0 Å². The summed E-state index contributed by atoms with van der Waals surface area (Å²) in [4.78, 5) is 10.5. The summed E-state index contributed by atoms with van der Waals surface area (Å²) in [6.45, 7) is 4.35. The SMILES string of the molecule is CCC1(C)CCCCC1N=O. The molecule has 11 heavy (non-hydrogen) atoms. The molecule has 0 bridgehead atoms. The van der Waals surface area contributed by atoms with Crippen LogP contribution in [0, 0.1) is 10.3 Å². The maximum Gasteiger partial charge on any atom is 0.0972 e. The molecule has 2 heteroatoms. The summed E-state index contributed by atoms with van der Waals surface area (Å²) in [5, 5.41) is 3.22. The largest absolute Gasteiger partial charge is 0.150 e. The van der Waals surface area contributed by atoms with Crippen LogP contribution < -0.4 is 0 Å². The molecule has 1 aliphatic rings. The molecule has 0 spiro atoms. The van der Waals surface area contributed by atoms with Gasteiger partial charge in [0.2, 0.25) is 0 Å². The molecule has 1 rings (SSSR count). The van der Waals surface area contributed by atoms with Crippen molar-refractivity contribution in [3.05, 3.63) is 4.91 Å². The monoisotopic (exact) mass is 155 g/mol. The molecule has 0 heterocycles. The van der Waals surface area contributed by atoms with Crippen LogP contribution in [0.3, 0.4) is 0 Å². The van der Waals surface area contributed by atoms with Crippen LogP contribution in [0.1, 0.15) is 46.0 Å². The lowest BCUT2D eigenvalue weighted by molar-refractivity contribution is 0.170. The van der Waals surface area contributed by atoms with E-state index in [1.54, 1.807) is 0 Å². The highest BCUT2D eigenvalue weighted by molar-refractivity contribution is 4.89. The van der Waals surface area contributed by atoms with E-state index >= 15 is 0 Å². The second-order valence-electron chi connectivity index (χ2n) is 3.87. The normalized spacial score (nSPS) is 38.5. The van der Waals surface area contributed by atoms with E-state index < -0.39 is 0 Å². The molecule has 0 N–H and O–H groups in total. The molecule has 0 aromatic carbocycles. The van der Waals surface area contributed by atoms with Gasteiger partial charge in [-0.2, -0.15) is 4.91 Å². The smallest absolute Gasteiger partial charge is 0.0972 e. The Kier molecular flexibility index (Phi) is 2.63. The highest BCUT2D eigenvalue weighted by Gasteiger charge is 2.35. The Bertz CT molecular complexity index is 146. The van der Waals surface area contributed by atoms with Crippen LogP contribution >= 0.6 is 0 Å². The van der Waals surface area contributed by atoms with E-state index in [0.717, 1.165) is 12.8 Å². The van der Waals surface area contributed by atoms with Gasteiger partial charge < -0.3 is 0 Å². The summed E-state index contributed by atoms with van der Waals surface area (Å²) < 4.78 is 0. The van der Waals surface area contributed by atoms with Crippen LogP contribution in [0.5, 0.6) is 0 Å². The zero-order valence-electron chi connectivity index (χ0n) is 7.47. The van der Waals surface area contributed by atoms with Crippen LogP contribution in [0.4, 0.5) is 0 Å². The van der Waals surface area contributed by atoms with Gasteiger partial charge in [0.05, 0.1) is 6.04 Å². The van der Waals surface area contributed by atoms with Crippen molar-refractivity contribution in [3.8, 4) is 0 Å². The molecule has 0 aromatic heterocycles. The van der Waals surface area contributed by atoms with Crippen molar-refractivity contribution >= 4 is 0 Å². The van der Waals surface area contributed by atoms with Crippen molar-refractivity contribution in [2.24, 2.45) is 10.6 Å². The molecule has 0 radical (unpaired) electrons. The van der Waals surface area contributed by atoms with Crippen LogP contribution in [0.15, 0.2) is 5.18 Å². The van der Waals surface area contributed by atoms with E-state index in [0.29, 0.717) is 0 Å². The van der Waals surface area contributed by atoms with Crippen molar-refractivity contribution in [3.63, 3.8) is 0 Å². The number of hydrogen-bond donors (Lipinski definition) is 0. The van der Waals surface area contributed by atoms with E-state index in [1.165, 1.54) is 19.3 Å². The first-order chi connectivity index (χ1) is 5.23. The Morgan fingerprint density at radius 3 is 2.73 bits per heavy atom. The Hall–Kier alpha value is -0.400. The number of nitrogens with zero attached hydrogens (tertiary/aromatic N) is 1. The lowest BCUT2D eigenvalue weighted by Crippen LogP contribution is -2.33. The summed E-state index contributed by atoms with van der Waals surface area (Å²) >= 11 is 0. The van der Waals surface area contributed by atoms with Gasteiger partial charge >= 0.3 is 0 Å². The van der Waals surface area contributed by atoms with Gasteiger partial charge in [-0.05, 0) is 24.7 Å². The van der Waals surface area contributed by atoms with Gasteiger partial charge in [0.1, 0.15) is 0 Å². The predicted molar refractivity (Wildman–Crippen MR) is 46.4 cm³/mol.